The van der Waals surface area contributed by atoms with E-state index in [1.54, 1.807) is 18.2 Å². The first-order chi connectivity index (χ1) is 9.13. The maximum absolute atomic E-state index is 5.88. The maximum atomic E-state index is 5.88. The fraction of sp³-hybridized carbons (Fsp3) is 0.286. The monoisotopic (exact) mass is 277 g/mol. The van der Waals surface area contributed by atoms with E-state index in [1.807, 2.05) is 18.2 Å². The summed E-state index contributed by atoms with van der Waals surface area (Å²) in [4.78, 5) is 0. The van der Waals surface area contributed by atoms with Crippen molar-refractivity contribution in [1.29, 1.82) is 0 Å². The molecule has 0 atom stereocenters. The van der Waals surface area contributed by atoms with Gasteiger partial charge in [-0.2, -0.15) is 5.10 Å². The van der Waals surface area contributed by atoms with Crippen LogP contribution in [0.1, 0.15) is 19.5 Å². The Morgan fingerprint density at radius 1 is 1.21 bits per heavy atom. The molecule has 0 aliphatic carbocycles. The van der Waals surface area contributed by atoms with Gasteiger partial charge < -0.3 is 10.1 Å². The van der Waals surface area contributed by atoms with Crippen molar-refractivity contribution >= 4 is 11.6 Å². The van der Waals surface area contributed by atoms with Crippen LogP contribution in [0.25, 0.3) is 0 Å². The Morgan fingerprint density at radius 2 is 2.05 bits per heavy atom. The highest BCUT2D eigenvalue weighted by Crippen LogP contribution is 2.22. The molecule has 2 rings (SSSR count). The van der Waals surface area contributed by atoms with Crippen molar-refractivity contribution in [3.8, 4) is 11.6 Å². The summed E-state index contributed by atoms with van der Waals surface area (Å²) in [6.07, 6.45) is 0. The van der Waals surface area contributed by atoms with Gasteiger partial charge in [0.15, 0.2) is 0 Å². The Morgan fingerprint density at radius 3 is 2.68 bits per heavy atom. The van der Waals surface area contributed by atoms with Crippen LogP contribution in [0.15, 0.2) is 36.4 Å². The van der Waals surface area contributed by atoms with Crippen LogP contribution in [0, 0.1) is 0 Å². The SMILES string of the molecule is CC(C)NCc1ccc(Oc2cccc(Cl)c2)nn1. The fourth-order valence-electron chi connectivity index (χ4n) is 1.46. The Labute approximate surface area is 117 Å². The minimum absolute atomic E-state index is 0.421. The molecule has 0 fully saturated rings. The summed E-state index contributed by atoms with van der Waals surface area (Å²) < 4.78 is 5.56. The van der Waals surface area contributed by atoms with Gasteiger partial charge in [0, 0.05) is 23.7 Å². The number of hydrogen-bond acceptors (Lipinski definition) is 4. The first-order valence-electron chi connectivity index (χ1n) is 6.13. The lowest BCUT2D eigenvalue weighted by Crippen LogP contribution is -2.22. The zero-order valence-corrected chi connectivity index (χ0v) is 11.7. The standard InChI is InChI=1S/C14H16ClN3O/c1-10(2)16-9-12-6-7-14(18-17-12)19-13-5-3-4-11(15)8-13/h3-8,10,16H,9H2,1-2H3. The highest BCUT2D eigenvalue weighted by atomic mass is 35.5. The normalized spacial score (nSPS) is 10.7. The summed E-state index contributed by atoms with van der Waals surface area (Å²) in [7, 11) is 0. The van der Waals surface area contributed by atoms with E-state index >= 15 is 0 Å². The second-order valence-corrected chi connectivity index (χ2v) is 4.89. The van der Waals surface area contributed by atoms with Gasteiger partial charge in [-0.05, 0) is 24.3 Å². The van der Waals surface area contributed by atoms with Crippen LogP contribution < -0.4 is 10.1 Å². The molecule has 5 heteroatoms. The van der Waals surface area contributed by atoms with Gasteiger partial charge in [0.05, 0.1) is 5.69 Å². The van der Waals surface area contributed by atoms with Crippen LogP contribution in [0.3, 0.4) is 0 Å². The van der Waals surface area contributed by atoms with E-state index in [9.17, 15) is 0 Å². The van der Waals surface area contributed by atoms with Crippen LogP contribution in [0.2, 0.25) is 5.02 Å². The van der Waals surface area contributed by atoms with Gasteiger partial charge in [0.25, 0.3) is 0 Å². The van der Waals surface area contributed by atoms with Crippen LogP contribution in [-0.2, 0) is 6.54 Å². The number of benzene rings is 1. The van der Waals surface area contributed by atoms with Gasteiger partial charge in [-0.3, -0.25) is 0 Å². The second-order valence-electron chi connectivity index (χ2n) is 4.46. The Hall–Kier alpha value is -1.65. The molecule has 0 amide bonds. The molecule has 0 aliphatic heterocycles. The molecule has 1 N–H and O–H groups in total. The van der Waals surface area contributed by atoms with Crippen LogP contribution in [-0.4, -0.2) is 16.2 Å². The lowest BCUT2D eigenvalue weighted by atomic mass is 10.3. The lowest BCUT2D eigenvalue weighted by Gasteiger charge is -2.07. The number of halogens is 1. The molecule has 19 heavy (non-hydrogen) atoms. The van der Waals surface area contributed by atoms with Crippen LogP contribution in [0.4, 0.5) is 0 Å². The van der Waals surface area contributed by atoms with Gasteiger partial charge in [-0.1, -0.05) is 31.5 Å². The lowest BCUT2D eigenvalue weighted by molar-refractivity contribution is 0.452. The molecule has 0 saturated heterocycles. The fourth-order valence-corrected chi connectivity index (χ4v) is 1.64. The number of aromatic nitrogens is 2. The smallest absolute Gasteiger partial charge is 0.238 e. The third-order valence-corrected chi connectivity index (χ3v) is 2.64. The van der Waals surface area contributed by atoms with E-state index in [2.05, 4.69) is 29.4 Å². The Kier molecular flexibility index (Phi) is 4.71. The molecule has 0 saturated carbocycles. The minimum Gasteiger partial charge on any atom is -0.437 e. The zero-order chi connectivity index (χ0) is 13.7. The summed E-state index contributed by atoms with van der Waals surface area (Å²) in [6, 6.07) is 11.3. The number of nitrogens with one attached hydrogen (secondary N) is 1. The van der Waals surface area contributed by atoms with Gasteiger partial charge in [-0.15, -0.1) is 5.10 Å². The molecule has 0 bridgehead atoms. The van der Waals surface area contributed by atoms with Crippen LogP contribution >= 0.6 is 11.6 Å². The number of rotatable bonds is 5. The van der Waals surface area contributed by atoms with E-state index in [0.29, 0.717) is 29.2 Å². The third-order valence-electron chi connectivity index (χ3n) is 2.41. The summed E-state index contributed by atoms with van der Waals surface area (Å²) in [5.74, 6) is 1.10. The highest BCUT2D eigenvalue weighted by Gasteiger charge is 2.02. The summed E-state index contributed by atoms with van der Waals surface area (Å²) >= 11 is 5.88. The minimum atomic E-state index is 0.421. The summed E-state index contributed by atoms with van der Waals surface area (Å²) in [5.41, 5.74) is 0.882. The Balaban J connectivity index is 1.98. The van der Waals surface area contributed by atoms with Crippen molar-refractivity contribution in [3.05, 3.63) is 47.1 Å². The van der Waals surface area contributed by atoms with E-state index in [0.717, 1.165) is 5.69 Å². The maximum Gasteiger partial charge on any atom is 0.238 e. The quantitative estimate of drug-likeness (QED) is 0.910. The molecule has 100 valence electrons. The van der Waals surface area contributed by atoms with E-state index in [1.165, 1.54) is 0 Å². The van der Waals surface area contributed by atoms with Gasteiger partial charge in [0.2, 0.25) is 5.88 Å². The van der Waals surface area contributed by atoms with Crippen molar-refractivity contribution in [2.75, 3.05) is 0 Å². The molecule has 1 heterocycles. The first kappa shape index (κ1) is 13.8. The van der Waals surface area contributed by atoms with E-state index in [4.69, 9.17) is 16.3 Å². The van der Waals surface area contributed by atoms with Gasteiger partial charge >= 0.3 is 0 Å². The topological polar surface area (TPSA) is 47.0 Å². The molecule has 0 radical (unpaired) electrons. The predicted molar refractivity (Wildman–Crippen MR) is 75.5 cm³/mol. The van der Waals surface area contributed by atoms with E-state index < -0.39 is 0 Å². The molecule has 0 spiro atoms. The van der Waals surface area contributed by atoms with Crippen molar-refractivity contribution in [1.82, 2.24) is 15.5 Å². The first-order valence-corrected chi connectivity index (χ1v) is 6.50. The van der Waals surface area contributed by atoms with Crippen molar-refractivity contribution < 1.29 is 4.74 Å². The molecule has 1 aromatic heterocycles. The number of hydrogen-bond donors (Lipinski definition) is 1. The molecule has 1 aromatic carbocycles. The van der Waals surface area contributed by atoms with Crippen molar-refractivity contribution in [3.63, 3.8) is 0 Å². The number of nitrogens with zero attached hydrogens (tertiary/aromatic N) is 2. The predicted octanol–water partition coefficient (Wildman–Crippen LogP) is 3.42. The average Bonchev–Trinajstić information content (AvgIpc) is 2.38. The Bertz CT molecular complexity index is 528. The second kappa shape index (κ2) is 6.50. The average molecular weight is 278 g/mol. The van der Waals surface area contributed by atoms with Crippen molar-refractivity contribution in [2.45, 2.75) is 26.4 Å². The van der Waals surface area contributed by atoms with Gasteiger partial charge in [-0.25, -0.2) is 0 Å². The van der Waals surface area contributed by atoms with Crippen molar-refractivity contribution in [2.24, 2.45) is 0 Å². The van der Waals surface area contributed by atoms with Crippen LogP contribution in [0.5, 0.6) is 11.6 Å². The number of ether oxygens (including phenoxy) is 1. The molecular weight excluding hydrogens is 262 g/mol. The molecule has 4 nitrogen and oxygen atoms in total. The molecule has 0 aliphatic rings. The summed E-state index contributed by atoms with van der Waals surface area (Å²) in [6.45, 7) is 4.87. The van der Waals surface area contributed by atoms with Gasteiger partial charge in [0.1, 0.15) is 5.75 Å². The zero-order valence-electron chi connectivity index (χ0n) is 10.9. The molecule has 2 aromatic rings. The third kappa shape index (κ3) is 4.50. The van der Waals surface area contributed by atoms with E-state index in [-0.39, 0.29) is 0 Å². The largest absolute Gasteiger partial charge is 0.437 e. The summed E-state index contributed by atoms with van der Waals surface area (Å²) in [5, 5.41) is 12.0. The molecule has 0 unspecified atom stereocenters. The molecular formula is C14H16ClN3O. The highest BCUT2D eigenvalue weighted by molar-refractivity contribution is 6.30.